The normalized spacial score (nSPS) is 11.3. The summed E-state index contributed by atoms with van der Waals surface area (Å²) in [5.74, 6) is -0.682. The van der Waals surface area contributed by atoms with Crippen LogP contribution in [0.2, 0.25) is 0 Å². The summed E-state index contributed by atoms with van der Waals surface area (Å²) in [4.78, 5) is 26.8. The van der Waals surface area contributed by atoms with Gasteiger partial charge in [-0.15, -0.1) is 0 Å². The molecule has 0 aliphatic heterocycles. The van der Waals surface area contributed by atoms with Gasteiger partial charge in [-0.3, -0.25) is 9.36 Å². The summed E-state index contributed by atoms with van der Waals surface area (Å²) in [7, 11) is 0. The van der Waals surface area contributed by atoms with Crippen LogP contribution in [0.4, 0.5) is 18.9 Å². The molecule has 0 saturated heterocycles. The van der Waals surface area contributed by atoms with Crippen molar-refractivity contribution < 1.29 is 18.0 Å². The molecule has 5 nitrogen and oxygen atoms in total. The number of hydrogen-bond donors (Lipinski definition) is 2. The lowest BCUT2D eigenvalue weighted by Gasteiger charge is -2.11. The smallest absolute Gasteiger partial charge is 0.321 e. The van der Waals surface area contributed by atoms with Crippen LogP contribution in [0.3, 0.4) is 0 Å². The fourth-order valence-corrected chi connectivity index (χ4v) is 2.47. The summed E-state index contributed by atoms with van der Waals surface area (Å²) >= 11 is 0. The molecule has 2 aromatic carbocycles. The van der Waals surface area contributed by atoms with Gasteiger partial charge in [-0.2, -0.15) is 13.2 Å². The first-order valence-electron chi connectivity index (χ1n) is 7.65. The number of anilines is 1. The highest BCUT2D eigenvalue weighted by atomic mass is 19.4. The number of alkyl halides is 3. The van der Waals surface area contributed by atoms with Crippen molar-refractivity contribution in [1.29, 1.82) is 0 Å². The third-order valence-electron chi connectivity index (χ3n) is 3.73. The van der Waals surface area contributed by atoms with E-state index in [4.69, 9.17) is 0 Å². The minimum atomic E-state index is -4.51. The largest absolute Gasteiger partial charge is 0.416 e. The van der Waals surface area contributed by atoms with Gasteiger partial charge in [0.1, 0.15) is 5.69 Å². The number of amides is 1. The van der Waals surface area contributed by atoms with Crippen LogP contribution in [0.1, 0.15) is 21.6 Å². The lowest BCUT2D eigenvalue weighted by Crippen LogP contribution is -2.24. The van der Waals surface area contributed by atoms with Crippen molar-refractivity contribution in [3.8, 4) is 0 Å². The Morgan fingerprint density at radius 1 is 1.08 bits per heavy atom. The first kappa shape index (κ1) is 17.5. The molecular formula is C18H14F3N3O2. The number of hydrogen-bond acceptors (Lipinski definition) is 2. The van der Waals surface area contributed by atoms with Gasteiger partial charge < -0.3 is 10.3 Å². The van der Waals surface area contributed by atoms with Crippen LogP contribution in [-0.2, 0) is 12.7 Å². The van der Waals surface area contributed by atoms with Crippen LogP contribution in [0.25, 0.3) is 0 Å². The minimum Gasteiger partial charge on any atom is -0.321 e. The fourth-order valence-electron chi connectivity index (χ4n) is 2.47. The maximum Gasteiger partial charge on any atom is 0.416 e. The van der Waals surface area contributed by atoms with E-state index in [0.29, 0.717) is 0 Å². The topological polar surface area (TPSA) is 66.9 Å². The molecule has 8 heteroatoms. The van der Waals surface area contributed by atoms with Crippen LogP contribution in [0.5, 0.6) is 0 Å². The van der Waals surface area contributed by atoms with Crippen LogP contribution < -0.4 is 11.0 Å². The van der Waals surface area contributed by atoms with Crippen molar-refractivity contribution >= 4 is 11.6 Å². The predicted molar refractivity (Wildman–Crippen MR) is 90.0 cm³/mol. The van der Waals surface area contributed by atoms with Crippen molar-refractivity contribution in [2.24, 2.45) is 0 Å². The molecule has 1 aromatic heterocycles. The molecule has 1 heterocycles. The number of aromatic nitrogens is 2. The lowest BCUT2D eigenvalue weighted by molar-refractivity contribution is -0.137. The molecule has 0 aliphatic rings. The van der Waals surface area contributed by atoms with E-state index in [1.165, 1.54) is 22.9 Å². The van der Waals surface area contributed by atoms with Crippen molar-refractivity contribution in [3.05, 3.63) is 88.1 Å². The maximum atomic E-state index is 12.8. The Morgan fingerprint density at radius 3 is 2.50 bits per heavy atom. The number of H-pyrrole nitrogens is 1. The van der Waals surface area contributed by atoms with Crippen LogP contribution in [0, 0.1) is 0 Å². The number of carbonyl (C=O) groups is 1. The number of rotatable bonds is 4. The Balaban J connectivity index is 1.84. The summed E-state index contributed by atoms with van der Waals surface area (Å²) in [5.41, 5.74) is -0.530. The third-order valence-corrected chi connectivity index (χ3v) is 3.73. The first-order chi connectivity index (χ1) is 12.3. The highest BCUT2D eigenvalue weighted by Crippen LogP contribution is 2.30. The molecule has 1 amide bonds. The zero-order valence-corrected chi connectivity index (χ0v) is 13.4. The van der Waals surface area contributed by atoms with Crippen molar-refractivity contribution in [2.75, 3.05) is 5.32 Å². The highest BCUT2D eigenvalue weighted by Gasteiger charge is 2.30. The zero-order chi connectivity index (χ0) is 18.7. The summed E-state index contributed by atoms with van der Waals surface area (Å²) in [6.07, 6.45) is -3.28. The molecule has 0 aliphatic carbocycles. The Hall–Kier alpha value is -3.29. The molecule has 3 aromatic rings. The Morgan fingerprint density at radius 2 is 1.81 bits per heavy atom. The number of halogens is 3. The molecule has 3 rings (SSSR count). The predicted octanol–water partition coefficient (Wildman–Crippen LogP) is 3.50. The van der Waals surface area contributed by atoms with Gasteiger partial charge in [0.15, 0.2) is 0 Å². The second-order valence-corrected chi connectivity index (χ2v) is 5.58. The number of nitrogens with one attached hydrogen (secondary N) is 2. The van der Waals surface area contributed by atoms with Gasteiger partial charge in [-0.1, -0.05) is 36.4 Å². The van der Waals surface area contributed by atoms with E-state index in [-0.39, 0.29) is 17.9 Å². The van der Waals surface area contributed by atoms with Gasteiger partial charge in [-0.25, -0.2) is 4.79 Å². The monoisotopic (exact) mass is 361 g/mol. The van der Waals surface area contributed by atoms with Gasteiger partial charge in [0.2, 0.25) is 0 Å². The molecule has 0 bridgehead atoms. The van der Waals surface area contributed by atoms with E-state index >= 15 is 0 Å². The number of benzene rings is 2. The zero-order valence-electron chi connectivity index (χ0n) is 13.4. The van der Waals surface area contributed by atoms with E-state index < -0.39 is 23.3 Å². The van der Waals surface area contributed by atoms with Crippen LogP contribution in [-0.4, -0.2) is 15.5 Å². The lowest BCUT2D eigenvalue weighted by atomic mass is 10.2. The van der Waals surface area contributed by atoms with Crippen molar-refractivity contribution in [1.82, 2.24) is 9.55 Å². The first-order valence-corrected chi connectivity index (χ1v) is 7.65. The SMILES string of the molecule is O=C(Nc1cccc(C(F)(F)F)c1)c1c[nH]c(=O)n1Cc1ccccc1. The van der Waals surface area contributed by atoms with Gasteiger partial charge in [-0.05, 0) is 23.8 Å². The Bertz CT molecular complexity index is 975. The molecular weight excluding hydrogens is 347 g/mol. The van der Waals surface area contributed by atoms with Crippen molar-refractivity contribution in [2.45, 2.75) is 12.7 Å². The average Bonchev–Trinajstić information content (AvgIpc) is 2.96. The molecule has 0 saturated carbocycles. The van der Waals surface area contributed by atoms with Crippen molar-refractivity contribution in [3.63, 3.8) is 0 Å². The number of carbonyl (C=O) groups excluding carboxylic acids is 1. The van der Waals surface area contributed by atoms with Gasteiger partial charge in [0, 0.05) is 11.9 Å². The molecule has 134 valence electrons. The number of aromatic amines is 1. The molecule has 0 spiro atoms. The quantitative estimate of drug-likeness (QED) is 0.747. The molecule has 0 unspecified atom stereocenters. The second-order valence-electron chi connectivity index (χ2n) is 5.58. The number of nitrogens with zero attached hydrogens (tertiary/aromatic N) is 1. The molecule has 0 radical (unpaired) electrons. The van der Waals surface area contributed by atoms with Gasteiger partial charge >= 0.3 is 11.9 Å². The molecule has 0 atom stereocenters. The van der Waals surface area contributed by atoms with E-state index in [9.17, 15) is 22.8 Å². The summed E-state index contributed by atoms with van der Waals surface area (Å²) < 4.78 is 39.5. The number of imidazole rings is 1. The van der Waals surface area contributed by atoms with Gasteiger partial charge in [0.25, 0.3) is 5.91 Å². The standard InChI is InChI=1S/C18H14F3N3O2/c19-18(20,21)13-7-4-8-14(9-13)23-16(25)15-10-22-17(26)24(15)11-12-5-2-1-3-6-12/h1-10H,11H2,(H,22,26)(H,23,25). The Kier molecular flexibility index (Phi) is 4.66. The summed E-state index contributed by atoms with van der Waals surface area (Å²) in [5, 5.41) is 2.39. The van der Waals surface area contributed by atoms with E-state index in [0.717, 1.165) is 17.7 Å². The van der Waals surface area contributed by atoms with E-state index in [2.05, 4.69) is 10.3 Å². The maximum absolute atomic E-state index is 12.8. The van der Waals surface area contributed by atoms with E-state index in [1.54, 1.807) is 24.3 Å². The second kappa shape index (κ2) is 6.91. The van der Waals surface area contributed by atoms with Crippen LogP contribution in [0.15, 0.2) is 65.6 Å². The average molecular weight is 361 g/mol. The van der Waals surface area contributed by atoms with E-state index in [1.807, 2.05) is 6.07 Å². The fraction of sp³-hybridized carbons (Fsp3) is 0.111. The molecule has 26 heavy (non-hydrogen) atoms. The summed E-state index contributed by atoms with van der Waals surface area (Å²) in [6.45, 7) is 0.161. The summed E-state index contributed by atoms with van der Waals surface area (Å²) in [6, 6.07) is 13.3. The Labute approximate surface area is 146 Å². The van der Waals surface area contributed by atoms with Crippen LogP contribution >= 0.6 is 0 Å². The molecule has 2 N–H and O–H groups in total. The van der Waals surface area contributed by atoms with Gasteiger partial charge in [0.05, 0.1) is 12.1 Å². The highest BCUT2D eigenvalue weighted by molar-refractivity contribution is 6.03. The third kappa shape index (κ3) is 3.85. The molecule has 0 fully saturated rings. The minimum absolute atomic E-state index is 0.00950.